The third kappa shape index (κ3) is 5.75. The second-order valence-electron chi connectivity index (χ2n) is 10.6. The zero-order valence-corrected chi connectivity index (χ0v) is 22.9. The second-order valence-corrected chi connectivity index (χ2v) is 10.6. The van der Waals surface area contributed by atoms with Crippen LogP contribution < -0.4 is 5.32 Å². The minimum absolute atomic E-state index is 0.00994. The van der Waals surface area contributed by atoms with Gasteiger partial charge in [-0.25, -0.2) is 4.79 Å². The molecule has 0 radical (unpaired) electrons. The first-order valence-electron chi connectivity index (χ1n) is 13.7. The van der Waals surface area contributed by atoms with Gasteiger partial charge in [-0.15, -0.1) is 0 Å². The van der Waals surface area contributed by atoms with E-state index in [1.54, 1.807) is 50.6 Å². The van der Waals surface area contributed by atoms with Crippen molar-refractivity contribution in [3.8, 4) is 0 Å². The average Bonchev–Trinajstić information content (AvgIpc) is 3.71. The highest BCUT2D eigenvalue weighted by Crippen LogP contribution is 2.37. The molecule has 1 aliphatic carbocycles. The fourth-order valence-electron chi connectivity index (χ4n) is 5.99. The van der Waals surface area contributed by atoms with Gasteiger partial charge in [0, 0.05) is 38.9 Å². The molecule has 1 saturated carbocycles. The summed E-state index contributed by atoms with van der Waals surface area (Å²) in [5, 5.41) is 2.79. The van der Waals surface area contributed by atoms with Gasteiger partial charge in [-0.2, -0.15) is 0 Å². The van der Waals surface area contributed by atoms with Gasteiger partial charge in [-0.05, 0) is 55.5 Å². The molecular formula is C29H36N4O7. The summed E-state index contributed by atoms with van der Waals surface area (Å²) < 4.78 is 16.5. The molecule has 2 saturated heterocycles. The van der Waals surface area contributed by atoms with Crippen LogP contribution in [0.2, 0.25) is 0 Å². The zero-order valence-electron chi connectivity index (χ0n) is 22.9. The van der Waals surface area contributed by atoms with Crippen LogP contribution in [0, 0.1) is 5.92 Å². The van der Waals surface area contributed by atoms with Crippen LogP contribution in [0.1, 0.15) is 47.4 Å². The van der Waals surface area contributed by atoms with Crippen LogP contribution in [-0.4, -0.2) is 90.6 Å². The Morgan fingerprint density at radius 1 is 1.00 bits per heavy atom. The Morgan fingerprint density at radius 3 is 2.35 bits per heavy atom. The van der Waals surface area contributed by atoms with Gasteiger partial charge >= 0.3 is 6.03 Å². The van der Waals surface area contributed by atoms with Crippen molar-refractivity contribution in [3.63, 3.8) is 0 Å². The summed E-state index contributed by atoms with van der Waals surface area (Å²) in [6.07, 6.45) is 3.68. The number of urea groups is 1. The molecule has 214 valence electrons. The molecule has 1 N–H and O–H groups in total. The maximum Gasteiger partial charge on any atom is 0.327 e. The number of benzene rings is 1. The maximum absolute atomic E-state index is 13.8. The van der Waals surface area contributed by atoms with E-state index >= 15 is 0 Å². The van der Waals surface area contributed by atoms with Crippen molar-refractivity contribution in [2.24, 2.45) is 5.92 Å². The van der Waals surface area contributed by atoms with Crippen LogP contribution in [0.15, 0.2) is 47.1 Å². The largest absolute Gasteiger partial charge is 0.467 e. The van der Waals surface area contributed by atoms with Crippen LogP contribution in [0.25, 0.3) is 0 Å². The van der Waals surface area contributed by atoms with Gasteiger partial charge in [0.25, 0.3) is 5.91 Å². The minimum Gasteiger partial charge on any atom is -0.467 e. The number of imide groups is 1. The normalized spacial score (nSPS) is 24.8. The molecule has 1 aromatic carbocycles. The smallest absolute Gasteiger partial charge is 0.327 e. The lowest BCUT2D eigenvalue weighted by molar-refractivity contribution is -0.153. The van der Waals surface area contributed by atoms with Crippen molar-refractivity contribution in [2.75, 3.05) is 33.9 Å². The number of methoxy groups -OCH3 is 2. The third-order valence-electron chi connectivity index (χ3n) is 8.19. The van der Waals surface area contributed by atoms with Gasteiger partial charge in [0.2, 0.25) is 11.8 Å². The Morgan fingerprint density at radius 2 is 1.70 bits per heavy atom. The van der Waals surface area contributed by atoms with Crippen LogP contribution >= 0.6 is 0 Å². The lowest BCUT2D eigenvalue weighted by Crippen LogP contribution is -2.66. The number of fused-ring (bicyclic) bond motifs is 1. The van der Waals surface area contributed by atoms with Crippen LogP contribution in [0.5, 0.6) is 0 Å². The number of nitrogens with one attached hydrogen (secondary N) is 1. The predicted molar refractivity (Wildman–Crippen MR) is 143 cm³/mol. The topological polar surface area (TPSA) is 122 Å². The molecule has 0 spiro atoms. The van der Waals surface area contributed by atoms with Gasteiger partial charge in [0.15, 0.2) is 0 Å². The number of ether oxygens (including phenoxy) is 2. The highest BCUT2D eigenvalue weighted by molar-refractivity contribution is 6.00. The number of hydrogen-bond donors (Lipinski definition) is 1. The Bertz CT molecular complexity index is 1210. The van der Waals surface area contributed by atoms with E-state index in [1.807, 2.05) is 4.90 Å². The van der Waals surface area contributed by atoms with E-state index in [4.69, 9.17) is 13.9 Å². The van der Waals surface area contributed by atoms with Gasteiger partial charge in [-0.1, -0.05) is 12.1 Å². The van der Waals surface area contributed by atoms with E-state index in [1.165, 1.54) is 16.1 Å². The van der Waals surface area contributed by atoms with Crippen LogP contribution in [-0.2, 0) is 32.2 Å². The second kappa shape index (κ2) is 12.2. The molecule has 4 atom stereocenters. The predicted octanol–water partition coefficient (Wildman–Crippen LogP) is 2.40. The number of furan rings is 1. The molecule has 2 aliphatic heterocycles. The maximum atomic E-state index is 13.8. The lowest BCUT2D eigenvalue weighted by atomic mass is 9.78. The van der Waals surface area contributed by atoms with Crippen LogP contribution in [0.4, 0.5) is 4.79 Å². The SMILES string of the molecule is COC1CC2C(=O)N(Cc3ccc(C(=O)N4CCCC4)cc3)C(=O)N(CC(=O)NCc3ccco3)C2CC1OC. The Kier molecular flexibility index (Phi) is 8.51. The monoisotopic (exact) mass is 552 g/mol. The molecule has 11 nitrogen and oxygen atoms in total. The lowest BCUT2D eigenvalue weighted by Gasteiger charge is -2.49. The van der Waals surface area contributed by atoms with Crippen molar-refractivity contribution < 1.29 is 33.1 Å². The molecular weight excluding hydrogens is 516 g/mol. The summed E-state index contributed by atoms with van der Waals surface area (Å²) in [4.78, 5) is 57.6. The van der Waals surface area contributed by atoms with Crippen molar-refractivity contribution in [3.05, 3.63) is 59.5 Å². The Labute approximate surface area is 233 Å². The molecule has 3 aliphatic rings. The molecule has 1 aromatic heterocycles. The molecule has 40 heavy (non-hydrogen) atoms. The number of rotatable bonds is 9. The van der Waals surface area contributed by atoms with Crippen molar-refractivity contribution in [1.82, 2.24) is 20.0 Å². The number of carbonyl (C=O) groups excluding carboxylic acids is 4. The Hall–Kier alpha value is -3.70. The van der Waals surface area contributed by atoms with Crippen molar-refractivity contribution >= 4 is 23.8 Å². The summed E-state index contributed by atoms with van der Waals surface area (Å²) in [5.41, 5.74) is 1.30. The number of likely N-dealkylation sites (tertiary alicyclic amines) is 1. The fourth-order valence-corrected chi connectivity index (χ4v) is 5.99. The van der Waals surface area contributed by atoms with E-state index in [0.29, 0.717) is 29.7 Å². The number of amides is 5. The zero-order chi connectivity index (χ0) is 28.2. The fraction of sp³-hybridized carbons (Fsp3) is 0.517. The first-order chi connectivity index (χ1) is 19.4. The molecule has 3 heterocycles. The Balaban J connectivity index is 1.33. The minimum atomic E-state index is -0.539. The standard InChI is InChI=1S/C29H36N4O7/c1-38-24-14-22-23(15-25(24)39-2)32(18-26(34)30-16-21-6-5-13-40-21)29(37)33(28(22)36)17-19-7-9-20(10-8-19)27(35)31-11-3-4-12-31/h5-10,13,22-25H,3-4,11-12,14-18H2,1-2H3,(H,30,34). The highest BCUT2D eigenvalue weighted by atomic mass is 16.5. The molecule has 3 fully saturated rings. The van der Waals surface area contributed by atoms with Crippen molar-refractivity contribution in [1.29, 1.82) is 0 Å². The summed E-state index contributed by atoms with van der Waals surface area (Å²) in [6, 6.07) is 9.49. The summed E-state index contributed by atoms with van der Waals surface area (Å²) in [6.45, 7) is 1.55. The molecule has 5 rings (SSSR count). The summed E-state index contributed by atoms with van der Waals surface area (Å²) >= 11 is 0. The van der Waals surface area contributed by atoms with E-state index in [2.05, 4.69) is 5.32 Å². The number of carbonyl (C=O) groups is 4. The molecule has 4 unspecified atom stereocenters. The van der Waals surface area contributed by atoms with E-state index < -0.39 is 18.0 Å². The van der Waals surface area contributed by atoms with Crippen LogP contribution in [0.3, 0.4) is 0 Å². The van der Waals surface area contributed by atoms with Gasteiger partial charge in [-0.3, -0.25) is 19.3 Å². The first-order valence-corrected chi connectivity index (χ1v) is 13.7. The van der Waals surface area contributed by atoms with E-state index in [9.17, 15) is 19.2 Å². The highest BCUT2D eigenvalue weighted by Gasteiger charge is 2.52. The third-order valence-corrected chi connectivity index (χ3v) is 8.19. The number of hydrogen-bond acceptors (Lipinski definition) is 7. The molecule has 2 aromatic rings. The van der Waals surface area contributed by atoms with Crippen molar-refractivity contribution in [2.45, 2.75) is 57.0 Å². The first kappa shape index (κ1) is 27.9. The van der Waals surface area contributed by atoms with E-state index in [-0.39, 0.29) is 49.6 Å². The quantitative estimate of drug-likeness (QED) is 0.507. The number of nitrogens with zero attached hydrogens (tertiary/aromatic N) is 3. The summed E-state index contributed by atoms with van der Waals surface area (Å²) in [5.74, 6) is -0.603. The van der Waals surface area contributed by atoms with Gasteiger partial charge in [0.05, 0.1) is 37.5 Å². The molecule has 5 amide bonds. The molecule has 0 bridgehead atoms. The van der Waals surface area contributed by atoms with Gasteiger partial charge in [0.1, 0.15) is 12.3 Å². The average molecular weight is 553 g/mol. The molecule has 11 heteroatoms. The van der Waals surface area contributed by atoms with E-state index in [0.717, 1.165) is 25.9 Å². The summed E-state index contributed by atoms with van der Waals surface area (Å²) in [7, 11) is 3.16. The van der Waals surface area contributed by atoms with Gasteiger partial charge < -0.3 is 29.0 Å².